The van der Waals surface area contributed by atoms with Crippen molar-refractivity contribution in [3.8, 4) is 6.08 Å². The first-order valence-corrected chi connectivity index (χ1v) is 10.7. The summed E-state index contributed by atoms with van der Waals surface area (Å²) in [6.07, 6.45) is 6.19. The van der Waals surface area contributed by atoms with E-state index in [1.807, 2.05) is 19.1 Å². The van der Waals surface area contributed by atoms with Gasteiger partial charge in [0.2, 0.25) is 5.89 Å². The number of carbonyl (C=O) groups excluding carboxylic acids is 2. The predicted molar refractivity (Wildman–Crippen MR) is 124 cm³/mol. The molecule has 0 spiro atoms. The number of ether oxygens (including phenoxy) is 4. The maximum atomic E-state index is 11.6. The van der Waals surface area contributed by atoms with Crippen molar-refractivity contribution in [1.82, 2.24) is 10.2 Å². The van der Waals surface area contributed by atoms with Crippen LogP contribution >= 0.6 is 0 Å². The highest BCUT2D eigenvalue weighted by Gasteiger charge is 2.12. The quantitative estimate of drug-likeness (QED) is 0.270. The largest absolute Gasteiger partial charge is 0.460 e. The smallest absolute Gasteiger partial charge is 0.422 e. The highest BCUT2D eigenvalue weighted by atomic mass is 16.6. The third-order valence-electron chi connectivity index (χ3n) is 3.88. The number of aromatic nitrogens is 2. The molecule has 0 amide bonds. The maximum Gasteiger partial charge on any atom is 0.422 e. The molecule has 0 N–H and O–H groups in total. The average molecular weight is 465 g/mol. The number of esters is 2. The minimum absolute atomic E-state index is 0.136. The van der Waals surface area contributed by atoms with Crippen molar-refractivity contribution >= 4 is 11.9 Å². The number of carbonyl (C=O) groups is 2. The summed E-state index contributed by atoms with van der Waals surface area (Å²) in [5, 5.41) is 7.12. The standard InChI is InChI=1S/C11H10N2O3.C7H16O.C6H10O3/c1-7-3-5-9(6-4-7)10(14)16-11-13-12-8(2)15-11;1-3-4-5-6-7-8-2;1-3-6(7)9-5-4-8-2/h3-6H,1-2H3;3-7H2,1-2H3;3H,1,4-5H2,2H3. The Morgan fingerprint density at radius 1 is 0.970 bits per heavy atom. The summed E-state index contributed by atoms with van der Waals surface area (Å²) >= 11 is 0. The van der Waals surface area contributed by atoms with E-state index >= 15 is 0 Å². The molecule has 0 aliphatic rings. The summed E-state index contributed by atoms with van der Waals surface area (Å²) in [6.45, 7) is 10.7. The number of aryl methyl sites for hydroxylation is 2. The summed E-state index contributed by atoms with van der Waals surface area (Å²) in [5.41, 5.74) is 1.52. The van der Waals surface area contributed by atoms with Gasteiger partial charge in [-0.2, -0.15) is 0 Å². The number of rotatable bonds is 11. The fraction of sp³-hybridized carbons (Fsp3) is 0.500. The Hall–Kier alpha value is -3.04. The third-order valence-corrected chi connectivity index (χ3v) is 3.88. The van der Waals surface area contributed by atoms with Crippen LogP contribution in [0.15, 0.2) is 41.3 Å². The van der Waals surface area contributed by atoms with Crippen LogP contribution in [0.25, 0.3) is 0 Å². The number of hydrogen-bond donors (Lipinski definition) is 0. The zero-order valence-corrected chi connectivity index (χ0v) is 20.3. The second-order valence-corrected chi connectivity index (χ2v) is 6.76. The monoisotopic (exact) mass is 464 g/mol. The van der Waals surface area contributed by atoms with Gasteiger partial charge >= 0.3 is 18.0 Å². The molecule has 0 saturated heterocycles. The molecule has 1 aromatic heterocycles. The molecule has 1 aromatic carbocycles. The van der Waals surface area contributed by atoms with Crippen molar-refractivity contribution in [2.24, 2.45) is 0 Å². The van der Waals surface area contributed by atoms with Crippen molar-refractivity contribution in [2.45, 2.75) is 46.5 Å². The second kappa shape index (κ2) is 19.6. The lowest BCUT2D eigenvalue weighted by Crippen LogP contribution is -2.08. The van der Waals surface area contributed by atoms with E-state index in [-0.39, 0.29) is 6.08 Å². The Bertz CT molecular complexity index is 782. The van der Waals surface area contributed by atoms with Crippen molar-refractivity contribution in [1.29, 1.82) is 0 Å². The van der Waals surface area contributed by atoms with Crippen LogP contribution in [-0.2, 0) is 19.0 Å². The highest BCUT2D eigenvalue weighted by Crippen LogP contribution is 2.11. The van der Waals surface area contributed by atoms with Crippen molar-refractivity contribution in [3.63, 3.8) is 0 Å². The first kappa shape index (κ1) is 30.0. The molecule has 0 unspecified atom stereocenters. The molecular weight excluding hydrogens is 428 g/mol. The minimum atomic E-state index is -0.511. The van der Waals surface area contributed by atoms with Gasteiger partial charge in [0.05, 0.1) is 12.2 Å². The van der Waals surface area contributed by atoms with Crippen LogP contribution in [0.5, 0.6) is 6.08 Å². The zero-order valence-electron chi connectivity index (χ0n) is 20.3. The number of methoxy groups -OCH3 is 2. The molecular formula is C24H36N2O7. The van der Waals surface area contributed by atoms with Crippen LogP contribution in [-0.4, -0.2) is 56.2 Å². The van der Waals surface area contributed by atoms with Crippen LogP contribution < -0.4 is 4.74 Å². The summed E-state index contributed by atoms with van der Waals surface area (Å²) < 4.78 is 23.9. The van der Waals surface area contributed by atoms with Crippen LogP contribution in [0.3, 0.4) is 0 Å². The van der Waals surface area contributed by atoms with Crippen LogP contribution in [0.2, 0.25) is 0 Å². The molecule has 0 aliphatic carbocycles. The molecule has 184 valence electrons. The summed E-state index contributed by atoms with van der Waals surface area (Å²) in [4.78, 5) is 21.9. The number of benzene rings is 1. The second-order valence-electron chi connectivity index (χ2n) is 6.76. The minimum Gasteiger partial charge on any atom is -0.460 e. The van der Waals surface area contributed by atoms with Gasteiger partial charge in [-0.3, -0.25) is 0 Å². The Balaban J connectivity index is 0.000000516. The van der Waals surface area contributed by atoms with Gasteiger partial charge in [-0.05, 0) is 25.5 Å². The fourth-order valence-electron chi connectivity index (χ4n) is 2.11. The normalized spacial score (nSPS) is 9.61. The Morgan fingerprint density at radius 2 is 1.64 bits per heavy atom. The van der Waals surface area contributed by atoms with Gasteiger partial charge in [0, 0.05) is 33.8 Å². The van der Waals surface area contributed by atoms with Gasteiger partial charge < -0.3 is 23.4 Å². The molecule has 1 heterocycles. The Kier molecular flexibility index (Phi) is 17.8. The van der Waals surface area contributed by atoms with E-state index in [0.717, 1.165) is 18.2 Å². The lowest BCUT2D eigenvalue weighted by atomic mass is 10.2. The lowest BCUT2D eigenvalue weighted by Gasteiger charge is -1.99. The first-order chi connectivity index (χ1) is 15.9. The molecule has 33 heavy (non-hydrogen) atoms. The van der Waals surface area contributed by atoms with Gasteiger partial charge in [0.1, 0.15) is 6.61 Å². The van der Waals surface area contributed by atoms with E-state index in [1.165, 1.54) is 25.7 Å². The molecule has 0 atom stereocenters. The molecule has 0 saturated carbocycles. The van der Waals surface area contributed by atoms with Crippen molar-refractivity contribution in [2.75, 3.05) is 34.0 Å². The molecule has 9 nitrogen and oxygen atoms in total. The number of unbranched alkanes of at least 4 members (excludes halogenated alkanes) is 3. The number of nitrogens with zero attached hydrogens (tertiary/aromatic N) is 2. The molecule has 2 aromatic rings. The molecule has 0 radical (unpaired) electrons. The van der Waals surface area contributed by atoms with E-state index in [4.69, 9.17) is 13.9 Å². The summed E-state index contributed by atoms with van der Waals surface area (Å²) in [7, 11) is 3.30. The average Bonchev–Trinajstić information content (AvgIpc) is 3.22. The summed E-state index contributed by atoms with van der Waals surface area (Å²) in [6, 6.07) is 7.02. The van der Waals surface area contributed by atoms with Crippen LogP contribution in [0.4, 0.5) is 0 Å². The SMILES string of the molecule is C=CC(=O)OCCOC.CCCCCCOC.Cc1ccc(C(=O)Oc2nnc(C)o2)cc1. The molecule has 9 heteroatoms. The lowest BCUT2D eigenvalue weighted by molar-refractivity contribution is -0.138. The van der Waals surface area contributed by atoms with Gasteiger partial charge in [0.15, 0.2) is 0 Å². The van der Waals surface area contributed by atoms with E-state index < -0.39 is 11.9 Å². The predicted octanol–water partition coefficient (Wildman–Crippen LogP) is 4.48. The third kappa shape index (κ3) is 16.3. The summed E-state index contributed by atoms with van der Waals surface area (Å²) in [5.74, 6) is -0.567. The first-order valence-electron chi connectivity index (χ1n) is 10.7. The van der Waals surface area contributed by atoms with Gasteiger partial charge in [-0.25, -0.2) is 9.59 Å². The van der Waals surface area contributed by atoms with Gasteiger partial charge in [0.25, 0.3) is 0 Å². The Labute approximate surface area is 196 Å². The van der Waals surface area contributed by atoms with E-state index in [2.05, 4.69) is 33.2 Å². The molecule has 0 bridgehead atoms. The van der Waals surface area contributed by atoms with Crippen molar-refractivity contribution in [3.05, 3.63) is 53.9 Å². The van der Waals surface area contributed by atoms with Crippen molar-refractivity contribution < 1.29 is 33.0 Å². The zero-order chi connectivity index (χ0) is 24.9. The molecule has 0 aliphatic heterocycles. The van der Waals surface area contributed by atoms with E-state index in [0.29, 0.717) is 24.7 Å². The van der Waals surface area contributed by atoms with Gasteiger partial charge in [-0.1, -0.05) is 55.6 Å². The number of hydrogen-bond acceptors (Lipinski definition) is 9. The Morgan fingerprint density at radius 3 is 2.15 bits per heavy atom. The maximum absolute atomic E-state index is 11.6. The highest BCUT2D eigenvalue weighted by molar-refractivity contribution is 5.90. The molecule has 0 fully saturated rings. The fourth-order valence-corrected chi connectivity index (χ4v) is 2.11. The van der Waals surface area contributed by atoms with Crippen LogP contribution in [0, 0.1) is 13.8 Å². The topological polar surface area (TPSA) is 110 Å². The van der Waals surface area contributed by atoms with Gasteiger partial charge in [-0.15, -0.1) is 5.10 Å². The van der Waals surface area contributed by atoms with E-state index in [1.54, 1.807) is 33.3 Å². The van der Waals surface area contributed by atoms with E-state index in [9.17, 15) is 9.59 Å². The van der Waals surface area contributed by atoms with Crippen LogP contribution in [0.1, 0.15) is 54.4 Å². The molecule has 2 rings (SSSR count).